The monoisotopic (exact) mass is 300 g/mol. The van der Waals surface area contributed by atoms with Gasteiger partial charge in [-0.15, -0.1) is 0 Å². The molecule has 0 bridgehead atoms. The fourth-order valence-corrected chi connectivity index (χ4v) is 6.38. The summed E-state index contributed by atoms with van der Waals surface area (Å²) in [4.78, 5) is 0. The molecule has 0 saturated carbocycles. The van der Waals surface area contributed by atoms with Crippen LogP contribution in [-0.2, 0) is 4.43 Å². The van der Waals surface area contributed by atoms with Crippen LogP contribution in [-0.4, -0.2) is 27.1 Å². The highest BCUT2D eigenvalue weighted by atomic mass is 28.4. The van der Waals surface area contributed by atoms with Crippen molar-refractivity contribution in [3.05, 3.63) is 11.8 Å². The fraction of sp³-hybridized carbons (Fsp3) is 0.867. The molecular weight excluding hydrogens is 268 g/mol. The van der Waals surface area contributed by atoms with Gasteiger partial charge in [0.2, 0.25) is 8.32 Å². The summed E-state index contributed by atoms with van der Waals surface area (Å²) in [5, 5.41) is 10.9. The van der Waals surface area contributed by atoms with Gasteiger partial charge in [-0.2, -0.15) is 0 Å². The van der Waals surface area contributed by atoms with Crippen molar-refractivity contribution in [2.45, 2.75) is 83.0 Å². The molecule has 0 heterocycles. The molecule has 0 spiro atoms. The molecule has 2 atom stereocenters. The molecule has 0 fully saturated rings. The molecule has 0 aliphatic heterocycles. The highest BCUT2D eigenvalue weighted by Crippen LogP contribution is 2.47. The summed E-state index contributed by atoms with van der Waals surface area (Å²) in [7, 11) is -3.20. The third-order valence-electron chi connectivity index (χ3n) is 4.68. The minimum Gasteiger partial charge on any atom is -0.547 e. The van der Waals surface area contributed by atoms with Gasteiger partial charge in [-0.05, 0) is 31.1 Å². The second-order valence-corrected chi connectivity index (χ2v) is 19.0. The van der Waals surface area contributed by atoms with Crippen molar-refractivity contribution in [2.75, 3.05) is 0 Å². The van der Waals surface area contributed by atoms with Crippen LogP contribution in [0.25, 0.3) is 0 Å². The van der Waals surface area contributed by atoms with Crippen LogP contribution in [0.2, 0.25) is 43.3 Å². The first-order chi connectivity index (χ1) is 8.17. The van der Waals surface area contributed by atoms with Gasteiger partial charge in [0.15, 0.2) is 0 Å². The van der Waals surface area contributed by atoms with Gasteiger partial charge in [0, 0.05) is 12.0 Å². The first kappa shape index (κ1) is 17.0. The summed E-state index contributed by atoms with van der Waals surface area (Å²) >= 11 is 0. The van der Waals surface area contributed by atoms with Gasteiger partial charge in [-0.25, -0.2) is 0 Å². The van der Waals surface area contributed by atoms with Crippen LogP contribution in [0.3, 0.4) is 0 Å². The van der Waals surface area contributed by atoms with E-state index in [1.54, 1.807) is 0 Å². The zero-order valence-electron chi connectivity index (χ0n) is 14.2. The first-order valence-corrected chi connectivity index (χ1v) is 13.8. The maximum absolute atomic E-state index is 10.7. The third kappa shape index (κ3) is 3.73. The summed E-state index contributed by atoms with van der Waals surface area (Å²) in [6, 6.07) is 0. The van der Waals surface area contributed by atoms with Crippen molar-refractivity contribution in [2.24, 2.45) is 0 Å². The molecule has 1 aliphatic rings. The Morgan fingerprint density at radius 1 is 1.21 bits per heavy atom. The Balaban J connectivity index is 2.95. The maximum atomic E-state index is 10.7. The molecule has 0 aromatic heterocycles. The van der Waals surface area contributed by atoms with E-state index in [0.717, 1.165) is 5.76 Å². The average Bonchev–Trinajstić information content (AvgIpc) is 2.36. The highest BCUT2D eigenvalue weighted by molar-refractivity contribution is 6.78. The summed E-state index contributed by atoms with van der Waals surface area (Å²) in [5.41, 5.74) is -0.331. The lowest BCUT2D eigenvalue weighted by Gasteiger charge is -2.37. The van der Waals surface area contributed by atoms with E-state index >= 15 is 0 Å². The zero-order chi connectivity index (χ0) is 15.3. The SMILES string of the molecule is CC(C)(C)[Si](C)(C)OC1=C[C@H]([Si](C)(C)C)[C@@](C)(O)C1. The van der Waals surface area contributed by atoms with Gasteiger partial charge in [-0.1, -0.05) is 40.4 Å². The molecule has 0 amide bonds. The summed E-state index contributed by atoms with van der Waals surface area (Å²) < 4.78 is 6.39. The van der Waals surface area contributed by atoms with E-state index in [1.807, 2.05) is 6.92 Å². The molecule has 2 nitrogen and oxygen atoms in total. The largest absolute Gasteiger partial charge is 0.547 e. The molecule has 0 aromatic carbocycles. The van der Waals surface area contributed by atoms with E-state index in [9.17, 15) is 5.11 Å². The topological polar surface area (TPSA) is 29.5 Å². The lowest BCUT2D eigenvalue weighted by Crippen LogP contribution is -2.41. The van der Waals surface area contributed by atoms with Crippen LogP contribution in [0.15, 0.2) is 11.8 Å². The van der Waals surface area contributed by atoms with Gasteiger partial charge in [0.1, 0.15) is 0 Å². The number of aliphatic hydroxyl groups is 1. The van der Waals surface area contributed by atoms with Gasteiger partial charge in [-0.3, -0.25) is 0 Å². The Hall–Kier alpha value is -0.0662. The number of hydrogen-bond acceptors (Lipinski definition) is 2. The molecule has 1 rings (SSSR count). The minimum absolute atomic E-state index is 0.205. The molecule has 112 valence electrons. The molecule has 0 aromatic rings. The van der Waals surface area contributed by atoms with E-state index in [4.69, 9.17) is 4.43 Å². The van der Waals surface area contributed by atoms with E-state index in [1.165, 1.54) is 0 Å². The van der Waals surface area contributed by atoms with Crippen LogP contribution in [0, 0.1) is 0 Å². The minimum atomic E-state index is -1.79. The summed E-state index contributed by atoms with van der Waals surface area (Å²) in [5.74, 6) is 1.03. The fourth-order valence-electron chi connectivity index (χ4n) is 2.62. The number of hydrogen-bond donors (Lipinski definition) is 1. The van der Waals surface area contributed by atoms with Crippen molar-refractivity contribution in [1.82, 2.24) is 0 Å². The second-order valence-electron chi connectivity index (χ2n) is 8.87. The van der Waals surface area contributed by atoms with Crippen molar-refractivity contribution in [1.29, 1.82) is 0 Å². The van der Waals surface area contributed by atoms with Crippen LogP contribution >= 0.6 is 0 Å². The first-order valence-electron chi connectivity index (χ1n) is 7.29. The Labute approximate surface area is 121 Å². The standard InChI is InChI=1S/C15H32O2Si2/c1-14(2,3)19(8,9)17-12-10-13(18(5,6)7)15(4,16)11-12/h10,13,16H,11H2,1-9H3/t13-,15-/m0/s1. The normalized spacial score (nSPS) is 29.4. The van der Waals surface area contributed by atoms with Gasteiger partial charge in [0.25, 0.3) is 0 Å². The van der Waals surface area contributed by atoms with Crippen LogP contribution in [0.5, 0.6) is 0 Å². The van der Waals surface area contributed by atoms with Crippen LogP contribution < -0.4 is 0 Å². The molecule has 19 heavy (non-hydrogen) atoms. The van der Waals surface area contributed by atoms with E-state index in [2.05, 4.69) is 59.6 Å². The molecule has 0 radical (unpaired) electrons. The zero-order valence-corrected chi connectivity index (χ0v) is 16.2. The molecule has 0 unspecified atom stereocenters. The molecule has 0 saturated heterocycles. The van der Waals surface area contributed by atoms with Crippen LogP contribution in [0.4, 0.5) is 0 Å². The van der Waals surface area contributed by atoms with Crippen molar-refractivity contribution < 1.29 is 9.53 Å². The smallest absolute Gasteiger partial charge is 0.250 e. The number of rotatable bonds is 3. The molecule has 1 N–H and O–H groups in total. The lowest BCUT2D eigenvalue weighted by atomic mass is 10.0. The predicted octanol–water partition coefficient (Wildman–Crippen LogP) is 4.76. The average molecular weight is 301 g/mol. The quantitative estimate of drug-likeness (QED) is 0.762. The third-order valence-corrected chi connectivity index (χ3v) is 11.7. The van der Waals surface area contributed by atoms with Gasteiger partial charge in [0.05, 0.1) is 19.4 Å². The van der Waals surface area contributed by atoms with E-state index in [0.29, 0.717) is 12.0 Å². The van der Waals surface area contributed by atoms with E-state index < -0.39 is 22.0 Å². The van der Waals surface area contributed by atoms with Gasteiger partial charge >= 0.3 is 0 Å². The lowest BCUT2D eigenvalue weighted by molar-refractivity contribution is 0.0647. The predicted molar refractivity (Wildman–Crippen MR) is 88.7 cm³/mol. The van der Waals surface area contributed by atoms with Crippen molar-refractivity contribution >= 4 is 16.4 Å². The van der Waals surface area contributed by atoms with Crippen LogP contribution in [0.1, 0.15) is 34.1 Å². The van der Waals surface area contributed by atoms with Crippen molar-refractivity contribution in [3.8, 4) is 0 Å². The molecule has 1 aliphatic carbocycles. The Bertz CT molecular complexity index is 371. The maximum Gasteiger partial charge on any atom is 0.250 e. The van der Waals surface area contributed by atoms with Crippen molar-refractivity contribution in [3.63, 3.8) is 0 Å². The molecular formula is C15H32O2Si2. The summed E-state index contributed by atoms with van der Waals surface area (Å²) in [6.07, 6.45) is 2.90. The van der Waals surface area contributed by atoms with Gasteiger partial charge < -0.3 is 9.53 Å². The molecule has 4 heteroatoms. The Morgan fingerprint density at radius 3 is 2.00 bits per heavy atom. The summed E-state index contributed by atoms with van der Waals surface area (Å²) in [6.45, 7) is 20.2. The second kappa shape index (κ2) is 4.74. The Kier molecular flexibility index (Phi) is 4.24. The van der Waals surface area contributed by atoms with E-state index in [-0.39, 0.29) is 5.04 Å². The highest BCUT2D eigenvalue weighted by Gasteiger charge is 2.47. The Morgan fingerprint density at radius 2 is 1.68 bits per heavy atom.